The van der Waals surface area contributed by atoms with Gasteiger partial charge in [0.25, 0.3) is 5.91 Å². The number of carbonyl (C=O) groups is 1. The van der Waals surface area contributed by atoms with Gasteiger partial charge in [0.2, 0.25) is 10.0 Å². The summed E-state index contributed by atoms with van der Waals surface area (Å²) in [6.07, 6.45) is 0.463. The molecule has 90 valence electrons. The molecule has 0 bridgehead atoms. The monoisotopic (exact) mass is 262 g/mol. The minimum Gasteiger partial charge on any atom is -0.267 e. The van der Waals surface area contributed by atoms with Crippen molar-refractivity contribution in [3.63, 3.8) is 0 Å². The molecule has 0 saturated carbocycles. The lowest BCUT2D eigenvalue weighted by Crippen LogP contribution is -2.36. The number of sulfonamides is 1. The third kappa shape index (κ3) is 2.79. The average molecular weight is 262 g/mol. The Bertz CT molecular complexity index is 479. The van der Waals surface area contributed by atoms with Crippen molar-refractivity contribution in [2.75, 3.05) is 0 Å². The molecular formula is C9H14N2O3S2. The molecule has 1 N–H and O–H groups in total. The molecule has 0 spiro atoms. The Morgan fingerprint density at radius 3 is 2.69 bits per heavy atom. The number of hydrogen-bond acceptors (Lipinski definition) is 5. The van der Waals surface area contributed by atoms with Crippen molar-refractivity contribution in [3.8, 4) is 0 Å². The first-order valence-electron chi connectivity index (χ1n) is 4.84. The Labute approximate surface area is 99.0 Å². The van der Waals surface area contributed by atoms with Gasteiger partial charge in [-0.2, -0.15) is 0 Å². The molecule has 1 rings (SSSR count). The van der Waals surface area contributed by atoms with Crippen molar-refractivity contribution in [2.45, 2.75) is 32.4 Å². The third-order valence-electron chi connectivity index (χ3n) is 2.29. The van der Waals surface area contributed by atoms with Crippen molar-refractivity contribution in [1.29, 1.82) is 0 Å². The van der Waals surface area contributed by atoms with Crippen LogP contribution in [0.2, 0.25) is 0 Å². The van der Waals surface area contributed by atoms with Gasteiger partial charge in [-0.05, 0) is 20.3 Å². The Kier molecular flexibility index (Phi) is 4.03. The highest BCUT2D eigenvalue weighted by atomic mass is 32.2. The predicted octanol–water partition coefficient (Wildman–Crippen LogP) is 1.31. The summed E-state index contributed by atoms with van der Waals surface area (Å²) >= 11 is 1.13. The van der Waals surface area contributed by atoms with Gasteiger partial charge in [0.05, 0.1) is 16.5 Å². The fraction of sp³-hybridized carbons (Fsp3) is 0.556. The second-order valence-electron chi connectivity index (χ2n) is 3.46. The van der Waals surface area contributed by atoms with Crippen LogP contribution in [0.15, 0.2) is 5.51 Å². The summed E-state index contributed by atoms with van der Waals surface area (Å²) in [5, 5.41) is -0.579. The fourth-order valence-corrected chi connectivity index (χ4v) is 2.78. The van der Waals surface area contributed by atoms with E-state index in [2.05, 4.69) is 9.71 Å². The number of hydrogen-bond donors (Lipinski definition) is 1. The van der Waals surface area contributed by atoms with Gasteiger partial charge in [0, 0.05) is 0 Å². The molecule has 0 radical (unpaired) electrons. The second-order valence-corrected chi connectivity index (χ2v) is 6.42. The molecule has 0 aliphatic heterocycles. The highest BCUT2D eigenvalue weighted by Crippen LogP contribution is 2.13. The first kappa shape index (κ1) is 13.1. The highest BCUT2D eigenvalue weighted by Gasteiger charge is 2.23. The zero-order chi connectivity index (χ0) is 12.3. The van der Waals surface area contributed by atoms with Crippen molar-refractivity contribution in [3.05, 3.63) is 16.1 Å². The first-order valence-corrected chi connectivity index (χ1v) is 7.27. The van der Waals surface area contributed by atoms with Gasteiger partial charge >= 0.3 is 0 Å². The molecule has 1 amide bonds. The zero-order valence-electron chi connectivity index (χ0n) is 9.35. The summed E-state index contributed by atoms with van der Waals surface area (Å²) in [6.45, 7) is 4.99. The van der Waals surface area contributed by atoms with E-state index in [1.54, 1.807) is 20.8 Å². The van der Waals surface area contributed by atoms with E-state index in [-0.39, 0.29) is 0 Å². The van der Waals surface area contributed by atoms with Crippen LogP contribution in [0.4, 0.5) is 0 Å². The van der Waals surface area contributed by atoms with E-state index < -0.39 is 21.2 Å². The van der Waals surface area contributed by atoms with Gasteiger partial charge in [0.1, 0.15) is 4.88 Å². The molecule has 0 aliphatic rings. The van der Waals surface area contributed by atoms with Crippen LogP contribution in [0.1, 0.15) is 35.6 Å². The molecular weight excluding hydrogens is 248 g/mol. The number of carbonyl (C=O) groups excluding carboxylic acids is 1. The Balaban J connectivity index is 2.84. The number of rotatable bonds is 4. The molecule has 1 aromatic heterocycles. The van der Waals surface area contributed by atoms with E-state index in [0.717, 1.165) is 11.3 Å². The predicted molar refractivity (Wildman–Crippen MR) is 63.0 cm³/mol. The maximum atomic E-state index is 11.6. The molecule has 0 unspecified atom stereocenters. The molecule has 16 heavy (non-hydrogen) atoms. The molecule has 5 nitrogen and oxygen atoms in total. The lowest BCUT2D eigenvalue weighted by Gasteiger charge is -2.11. The molecule has 1 atom stereocenters. The van der Waals surface area contributed by atoms with Gasteiger partial charge in [-0.15, -0.1) is 11.3 Å². The van der Waals surface area contributed by atoms with E-state index in [1.165, 1.54) is 5.51 Å². The minimum atomic E-state index is -3.57. The number of nitrogens with one attached hydrogen (secondary N) is 1. The zero-order valence-corrected chi connectivity index (χ0v) is 11.0. The van der Waals surface area contributed by atoms with Gasteiger partial charge in [-0.25, -0.2) is 18.1 Å². The summed E-state index contributed by atoms with van der Waals surface area (Å²) in [5.41, 5.74) is 2.06. The second kappa shape index (κ2) is 4.92. The minimum absolute atomic E-state index is 0.340. The number of thiazole rings is 1. The van der Waals surface area contributed by atoms with Gasteiger partial charge in [0.15, 0.2) is 0 Å². The molecule has 1 aromatic rings. The number of nitrogens with zero attached hydrogens (tertiary/aromatic N) is 1. The summed E-state index contributed by atoms with van der Waals surface area (Å²) in [6, 6.07) is 0. The SMILES string of the molecule is CC[C@@H](C)S(=O)(=O)NC(=O)c1scnc1C. The van der Waals surface area contributed by atoms with Crippen LogP contribution in [0.25, 0.3) is 0 Å². The number of aromatic nitrogens is 1. The smallest absolute Gasteiger partial charge is 0.267 e. The fourth-order valence-electron chi connectivity index (χ4n) is 1.02. The molecule has 0 aliphatic carbocycles. The van der Waals surface area contributed by atoms with Gasteiger partial charge in [-0.1, -0.05) is 6.92 Å². The van der Waals surface area contributed by atoms with E-state index >= 15 is 0 Å². The van der Waals surface area contributed by atoms with Crippen molar-refractivity contribution in [1.82, 2.24) is 9.71 Å². The molecule has 0 fully saturated rings. The highest BCUT2D eigenvalue weighted by molar-refractivity contribution is 7.90. The topological polar surface area (TPSA) is 76.1 Å². The van der Waals surface area contributed by atoms with Crippen LogP contribution >= 0.6 is 11.3 Å². The number of aryl methyl sites for hydroxylation is 1. The van der Waals surface area contributed by atoms with Crippen molar-refractivity contribution in [2.24, 2.45) is 0 Å². The van der Waals surface area contributed by atoms with Crippen LogP contribution in [0, 0.1) is 6.92 Å². The summed E-state index contributed by atoms with van der Waals surface area (Å²) in [7, 11) is -3.57. The Morgan fingerprint density at radius 2 is 2.25 bits per heavy atom. The molecule has 1 heterocycles. The third-order valence-corrected chi connectivity index (χ3v) is 5.08. The first-order chi connectivity index (χ1) is 7.38. The Morgan fingerprint density at radius 1 is 1.62 bits per heavy atom. The van der Waals surface area contributed by atoms with Crippen molar-refractivity contribution < 1.29 is 13.2 Å². The normalized spacial score (nSPS) is 13.4. The van der Waals surface area contributed by atoms with Crippen LogP contribution in [0.5, 0.6) is 0 Å². The van der Waals surface area contributed by atoms with Crippen LogP contribution in [-0.2, 0) is 10.0 Å². The van der Waals surface area contributed by atoms with Crippen molar-refractivity contribution >= 4 is 27.3 Å². The largest absolute Gasteiger partial charge is 0.276 e. The van der Waals surface area contributed by atoms with Gasteiger partial charge < -0.3 is 0 Å². The van der Waals surface area contributed by atoms with E-state index in [9.17, 15) is 13.2 Å². The summed E-state index contributed by atoms with van der Waals surface area (Å²) < 4.78 is 25.3. The number of amides is 1. The Hall–Kier alpha value is -0.950. The summed E-state index contributed by atoms with van der Waals surface area (Å²) in [4.78, 5) is 15.9. The summed E-state index contributed by atoms with van der Waals surface area (Å²) in [5.74, 6) is -0.597. The standard InChI is InChI=1S/C9H14N2O3S2/c1-4-6(2)16(13,14)11-9(12)8-7(3)10-5-15-8/h5-6H,4H2,1-3H3,(H,11,12)/t6-/m1/s1. The molecule has 0 aromatic carbocycles. The maximum Gasteiger partial charge on any atom is 0.276 e. The molecule has 7 heteroatoms. The maximum absolute atomic E-state index is 11.6. The molecule has 0 saturated heterocycles. The van der Waals surface area contributed by atoms with Crippen LogP contribution in [-0.4, -0.2) is 24.6 Å². The van der Waals surface area contributed by atoms with E-state index in [1.807, 2.05) is 0 Å². The van der Waals surface area contributed by atoms with Gasteiger partial charge in [-0.3, -0.25) is 4.79 Å². The van der Waals surface area contributed by atoms with Crippen LogP contribution < -0.4 is 4.72 Å². The quantitative estimate of drug-likeness (QED) is 0.887. The lowest BCUT2D eigenvalue weighted by atomic mass is 10.4. The van der Waals surface area contributed by atoms with Crippen LogP contribution in [0.3, 0.4) is 0 Å². The van der Waals surface area contributed by atoms with E-state index in [0.29, 0.717) is 17.0 Å². The lowest BCUT2D eigenvalue weighted by molar-refractivity contribution is 0.0984. The van der Waals surface area contributed by atoms with E-state index in [4.69, 9.17) is 0 Å². The average Bonchev–Trinajstić information content (AvgIpc) is 2.62.